The molecule has 3 unspecified atom stereocenters. The first kappa shape index (κ1) is 14.5. The van der Waals surface area contributed by atoms with Gasteiger partial charge in [0, 0.05) is 12.6 Å². The summed E-state index contributed by atoms with van der Waals surface area (Å²) in [7, 11) is 0. The Labute approximate surface area is 117 Å². The molecule has 2 rings (SSSR count). The van der Waals surface area contributed by atoms with Crippen LogP contribution in [-0.2, 0) is 0 Å². The van der Waals surface area contributed by atoms with Crippen LogP contribution >= 0.6 is 0 Å². The summed E-state index contributed by atoms with van der Waals surface area (Å²) in [6, 6.07) is 11.0. The van der Waals surface area contributed by atoms with Crippen molar-refractivity contribution < 1.29 is 5.11 Å². The van der Waals surface area contributed by atoms with Crippen molar-refractivity contribution in [3.05, 3.63) is 35.9 Å². The molecular formula is C17H27NO. The molecule has 1 aromatic rings. The van der Waals surface area contributed by atoms with Gasteiger partial charge in [0.25, 0.3) is 0 Å². The maximum atomic E-state index is 10.1. The van der Waals surface area contributed by atoms with Crippen LogP contribution < -0.4 is 5.32 Å². The Morgan fingerprint density at radius 3 is 2.47 bits per heavy atom. The third kappa shape index (κ3) is 4.05. The first-order chi connectivity index (χ1) is 9.18. The van der Waals surface area contributed by atoms with Crippen molar-refractivity contribution >= 4 is 0 Å². The fraction of sp³-hybridized carbons (Fsp3) is 0.647. The number of hydrogen-bond acceptors (Lipinski definition) is 2. The van der Waals surface area contributed by atoms with Crippen LogP contribution in [0.25, 0.3) is 0 Å². The largest absolute Gasteiger partial charge is 0.393 e. The van der Waals surface area contributed by atoms with Crippen LogP contribution in [0.2, 0.25) is 0 Å². The quantitative estimate of drug-likeness (QED) is 0.850. The molecule has 1 saturated carbocycles. The van der Waals surface area contributed by atoms with Gasteiger partial charge in [0.1, 0.15) is 0 Å². The Morgan fingerprint density at radius 1 is 1.16 bits per heavy atom. The monoisotopic (exact) mass is 261 g/mol. The first-order valence-corrected chi connectivity index (χ1v) is 7.65. The van der Waals surface area contributed by atoms with Crippen molar-refractivity contribution in [1.29, 1.82) is 0 Å². The second-order valence-electron chi connectivity index (χ2n) is 6.15. The van der Waals surface area contributed by atoms with E-state index in [0.29, 0.717) is 17.9 Å². The summed E-state index contributed by atoms with van der Waals surface area (Å²) >= 11 is 0. The molecule has 2 heteroatoms. The third-order valence-corrected chi connectivity index (χ3v) is 4.29. The van der Waals surface area contributed by atoms with Crippen molar-refractivity contribution in [2.45, 2.75) is 51.7 Å². The first-order valence-electron chi connectivity index (χ1n) is 7.65. The molecule has 3 atom stereocenters. The van der Waals surface area contributed by atoms with E-state index in [4.69, 9.17) is 0 Å². The highest BCUT2D eigenvalue weighted by molar-refractivity contribution is 5.19. The highest BCUT2D eigenvalue weighted by atomic mass is 16.3. The average Bonchev–Trinajstić information content (AvgIpc) is 2.42. The molecule has 0 heterocycles. The lowest BCUT2D eigenvalue weighted by Gasteiger charge is -2.31. The van der Waals surface area contributed by atoms with E-state index >= 15 is 0 Å². The molecule has 2 nitrogen and oxygen atoms in total. The second-order valence-corrected chi connectivity index (χ2v) is 6.15. The van der Waals surface area contributed by atoms with Gasteiger partial charge in [0.2, 0.25) is 0 Å². The smallest absolute Gasteiger partial charge is 0.0580 e. The minimum Gasteiger partial charge on any atom is -0.393 e. The molecule has 0 radical (unpaired) electrons. The third-order valence-electron chi connectivity index (χ3n) is 4.29. The summed E-state index contributed by atoms with van der Waals surface area (Å²) in [5, 5.41) is 13.7. The van der Waals surface area contributed by atoms with E-state index in [1.165, 1.54) is 18.4 Å². The molecule has 1 aliphatic carbocycles. The van der Waals surface area contributed by atoms with Crippen molar-refractivity contribution in [2.24, 2.45) is 11.8 Å². The standard InChI is InChI=1S/C17H27NO/c1-13(2)17(14-8-4-3-5-9-14)18-12-15-10-6-7-11-16(15)19/h3-5,8-9,13,15-19H,6-7,10-12H2,1-2H3. The molecule has 0 bridgehead atoms. The van der Waals surface area contributed by atoms with E-state index in [9.17, 15) is 5.11 Å². The predicted molar refractivity (Wildman–Crippen MR) is 80.0 cm³/mol. The number of rotatable bonds is 5. The van der Waals surface area contributed by atoms with Crippen molar-refractivity contribution in [1.82, 2.24) is 5.32 Å². The van der Waals surface area contributed by atoms with Gasteiger partial charge in [-0.15, -0.1) is 0 Å². The van der Waals surface area contributed by atoms with Gasteiger partial charge in [-0.1, -0.05) is 57.0 Å². The van der Waals surface area contributed by atoms with Gasteiger partial charge < -0.3 is 10.4 Å². The summed E-state index contributed by atoms with van der Waals surface area (Å²) in [5.74, 6) is 0.988. The van der Waals surface area contributed by atoms with Crippen LogP contribution in [0.5, 0.6) is 0 Å². The Morgan fingerprint density at radius 2 is 1.84 bits per heavy atom. The SMILES string of the molecule is CC(C)C(NCC1CCCCC1O)c1ccccc1. The summed E-state index contributed by atoms with van der Waals surface area (Å²) in [6.45, 7) is 5.43. The van der Waals surface area contributed by atoms with E-state index < -0.39 is 0 Å². The molecule has 1 fully saturated rings. The van der Waals surface area contributed by atoms with Gasteiger partial charge in [0.05, 0.1) is 6.10 Å². The molecule has 0 spiro atoms. The molecular weight excluding hydrogens is 234 g/mol. The van der Waals surface area contributed by atoms with Gasteiger partial charge in [-0.3, -0.25) is 0 Å². The summed E-state index contributed by atoms with van der Waals surface area (Å²) in [5.41, 5.74) is 1.35. The Bertz CT molecular complexity index is 363. The molecule has 106 valence electrons. The summed E-state index contributed by atoms with van der Waals surface area (Å²) < 4.78 is 0. The molecule has 19 heavy (non-hydrogen) atoms. The highest BCUT2D eigenvalue weighted by Crippen LogP contribution is 2.26. The van der Waals surface area contributed by atoms with Gasteiger partial charge in [-0.25, -0.2) is 0 Å². The van der Waals surface area contributed by atoms with Crippen molar-refractivity contribution in [2.75, 3.05) is 6.54 Å². The molecule has 1 aromatic carbocycles. The zero-order chi connectivity index (χ0) is 13.7. The van der Waals surface area contributed by atoms with E-state index in [0.717, 1.165) is 19.4 Å². The van der Waals surface area contributed by atoms with E-state index in [1.807, 2.05) is 0 Å². The number of benzene rings is 1. The fourth-order valence-corrected chi connectivity index (χ4v) is 3.10. The van der Waals surface area contributed by atoms with Crippen LogP contribution in [0, 0.1) is 11.8 Å². The van der Waals surface area contributed by atoms with Crippen LogP contribution in [0.3, 0.4) is 0 Å². The lowest BCUT2D eigenvalue weighted by molar-refractivity contribution is 0.0671. The van der Waals surface area contributed by atoms with Gasteiger partial charge in [-0.2, -0.15) is 0 Å². The fourth-order valence-electron chi connectivity index (χ4n) is 3.10. The Kier molecular flexibility index (Phi) is 5.41. The summed E-state index contributed by atoms with van der Waals surface area (Å²) in [6.07, 6.45) is 4.48. The molecule has 0 aliphatic heterocycles. The van der Waals surface area contributed by atoms with Crippen molar-refractivity contribution in [3.63, 3.8) is 0 Å². The highest BCUT2D eigenvalue weighted by Gasteiger charge is 2.24. The number of aliphatic hydroxyl groups excluding tert-OH is 1. The van der Waals surface area contributed by atoms with Gasteiger partial charge in [-0.05, 0) is 30.2 Å². The topological polar surface area (TPSA) is 32.3 Å². The predicted octanol–water partition coefficient (Wildman–Crippen LogP) is 3.52. The number of hydrogen-bond donors (Lipinski definition) is 2. The number of nitrogens with one attached hydrogen (secondary N) is 1. The van der Waals surface area contributed by atoms with E-state index in [2.05, 4.69) is 49.5 Å². The van der Waals surface area contributed by atoms with E-state index in [1.54, 1.807) is 0 Å². The maximum absolute atomic E-state index is 10.1. The average molecular weight is 261 g/mol. The van der Waals surface area contributed by atoms with E-state index in [-0.39, 0.29) is 6.10 Å². The van der Waals surface area contributed by atoms with Crippen LogP contribution in [0.1, 0.15) is 51.1 Å². The van der Waals surface area contributed by atoms with Crippen LogP contribution in [0.15, 0.2) is 30.3 Å². The molecule has 0 aromatic heterocycles. The van der Waals surface area contributed by atoms with Gasteiger partial charge in [0.15, 0.2) is 0 Å². The van der Waals surface area contributed by atoms with Crippen LogP contribution in [-0.4, -0.2) is 17.8 Å². The normalized spacial score (nSPS) is 25.5. The van der Waals surface area contributed by atoms with Crippen molar-refractivity contribution in [3.8, 4) is 0 Å². The summed E-state index contributed by atoms with van der Waals surface area (Å²) in [4.78, 5) is 0. The lowest BCUT2D eigenvalue weighted by Crippen LogP contribution is -2.37. The minimum absolute atomic E-state index is 0.107. The Hall–Kier alpha value is -0.860. The molecule has 1 aliphatic rings. The maximum Gasteiger partial charge on any atom is 0.0580 e. The Balaban J connectivity index is 1.94. The zero-order valence-corrected chi connectivity index (χ0v) is 12.2. The van der Waals surface area contributed by atoms with Crippen LogP contribution in [0.4, 0.5) is 0 Å². The molecule has 2 N–H and O–H groups in total. The molecule has 0 saturated heterocycles. The minimum atomic E-state index is -0.107. The number of aliphatic hydroxyl groups is 1. The molecule has 0 amide bonds. The lowest BCUT2D eigenvalue weighted by atomic mass is 9.86. The van der Waals surface area contributed by atoms with Gasteiger partial charge >= 0.3 is 0 Å². The zero-order valence-electron chi connectivity index (χ0n) is 12.2. The second kappa shape index (κ2) is 7.06.